The van der Waals surface area contributed by atoms with Crippen molar-refractivity contribution >= 4 is 11.8 Å². The molecule has 4 unspecified atom stereocenters. The van der Waals surface area contributed by atoms with E-state index >= 15 is 0 Å². The smallest absolute Gasteiger partial charge is 0.225 e. The van der Waals surface area contributed by atoms with Crippen LogP contribution < -0.4 is 5.32 Å². The van der Waals surface area contributed by atoms with Gasteiger partial charge in [-0.05, 0) is 30.2 Å². The molecule has 3 aliphatic rings. The lowest BCUT2D eigenvalue weighted by Gasteiger charge is -2.22. The molecule has 0 aromatic heterocycles. The van der Waals surface area contributed by atoms with Crippen LogP contribution in [-0.4, -0.2) is 29.3 Å². The fourth-order valence-corrected chi connectivity index (χ4v) is 4.15. The number of fused-ring (bicyclic) bond motifs is 2. The SMILES string of the molecule is O=C(NC1CC2C=CC1C2)C1CC(=O)N(Cc2ccccc2)C1. The molecule has 1 aromatic carbocycles. The molecule has 120 valence electrons. The Balaban J connectivity index is 1.34. The molecule has 4 heteroatoms. The average Bonchev–Trinajstić information content (AvgIpc) is 3.25. The third kappa shape index (κ3) is 2.90. The van der Waals surface area contributed by atoms with Crippen molar-refractivity contribution in [2.24, 2.45) is 17.8 Å². The molecular weight excluding hydrogens is 288 g/mol. The van der Waals surface area contributed by atoms with E-state index in [0.29, 0.717) is 31.3 Å². The zero-order valence-electron chi connectivity index (χ0n) is 13.2. The van der Waals surface area contributed by atoms with Crippen LogP contribution in [0.1, 0.15) is 24.8 Å². The Bertz CT molecular complexity index is 640. The van der Waals surface area contributed by atoms with Crippen molar-refractivity contribution in [3.63, 3.8) is 0 Å². The summed E-state index contributed by atoms with van der Waals surface area (Å²) >= 11 is 0. The topological polar surface area (TPSA) is 49.4 Å². The molecule has 0 spiro atoms. The van der Waals surface area contributed by atoms with Crippen molar-refractivity contribution in [3.05, 3.63) is 48.0 Å². The molecule has 0 radical (unpaired) electrons. The number of likely N-dealkylation sites (tertiary alicyclic amines) is 1. The summed E-state index contributed by atoms with van der Waals surface area (Å²) in [5, 5.41) is 3.19. The van der Waals surface area contributed by atoms with Gasteiger partial charge in [0, 0.05) is 25.6 Å². The summed E-state index contributed by atoms with van der Waals surface area (Å²) in [6.07, 6.45) is 7.08. The quantitative estimate of drug-likeness (QED) is 0.866. The number of hydrogen-bond donors (Lipinski definition) is 1. The van der Waals surface area contributed by atoms with E-state index < -0.39 is 0 Å². The number of benzene rings is 1. The number of nitrogens with one attached hydrogen (secondary N) is 1. The summed E-state index contributed by atoms with van der Waals surface area (Å²) < 4.78 is 0. The largest absolute Gasteiger partial charge is 0.352 e. The Morgan fingerprint density at radius 2 is 2.00 bits per heavy atom. The molecule has 1 saturated carbocycles. The van der Waals surface area contributed by atoms with Crippen molar-refractivity contribution in [2.75, 3.05) is 6.54 Å². The normalized spacial score (nSPS) is 31.8. The predicted molar refractivity (Wildman–Crippen MR) is 87.3 cm³/mol. The van der Waals surface area contributed by atoms with Crippen LogP contribution in [0.4, 0.5) is 0 Å². The fourth-order valence-electron chi connectivity index (χ4n) is 4.15. The van der Waals surface area contributed by atoms with Gasteiger partial charge in [-0.25, -0.2) is 0 Å². The van der Waals surface area contributed by atoms with Gasteiger partial charge < -0.3 is 10.2 Å². The van der Waals surface area contributed by atoms with Gasteiger partial charge in [-0.3, -0.25) is 9.59 Å². The number of nitrogens with zero attached hydrogens (tertiary/aromatic N) is 1. The van der Waals surface area contributed by atoms with Crippen molar-refractivity contribution in [1.82, 2.24) is 10.2 Å². The Hall–Kier alpha value is -2.10. The molecular formula is C19H22N2O2. The average molecular weight is 310 g/mol. The van der Waals surface area contributed by atoms with Gasteiger partial charge >= 0.3 is 0 Å². The molecule has 2 fully saturated rings. The lowest BCUT2D eigenvalue weighted by atomic mass is 10.00. The number of amides is 2. The van der Waals surface area contributed by atoms with Crippen LogP contribution in [-0.2, 0) is 16.1 Å². The summed E-state index contributed by atoms with van der Waals surface area (Å²) in [6.45, 7) is 1.14. The second-order valence-corrected chi connectivity index (χ2v) is 7.06. The molecule has 4 atom stereocenters. The van der Waals surface area contributed by atoms with Gasteiger partial charge in [0.15, 0.2) is 0 Å². The standard InChI is InChI=1S/C19H22N2O2/c22-18-10-16(12-21(18)11-13-4-2-1-3-5-13)19(23)20-17-9-14-6-7-15(17)8-14/h1-7,14-17H,8-12H2,(H,20,23). The molecule has 1 N–H and O–H groups in total. The van der Waals surface area contributed by atoms with Crippen molar-refractivity contribution in [2.45, 2.75) is 31.8 Å². The molecule has 2 bridgehead atoms. The van der Waals surface area contributed by atoms with E-state index in [2.05, 4.69) is 17.5 Å². The van der Waals surface area contributed by atoms with Gasteiger partial charge in [0.25, 0.3) is 0 Å². The summed E-state index contributed by atoms with van der Waals surface area (Å²) in [7, 11) is 0. The van der Waals surface area contributed by atoms with Crippen LogP contribution in [0.2, 0.25) is 0 Å². The second-order valence-electron chi connectivity index (χ2n) is 7.06. The highest BCUT2D eigenvalue weighted by atomic mass is 16.2. The van der Waals surface area contributed by atoms with Crippen LogP contribution in [0.5, 0.6) is 0 Å². The van der Waals surface area contributed by atoms with Gasteiger partial charge in [0.1, 0.15) is 0 Å². The minimum Gasteiger partial charge on any atom is -0.352 e. The van der Waals surface area contributed by atoms with Crippen LogP contribution in [0.3, 0.4) is 0 Å². The van der Waals surface area contributed by atoms with E-state index in [4.69, 9.17) is 0 Å². The van der Waals surface area contributed by atoms with E-state index in [1.807, 2.05) is 30.3 Å². The number of carbonyl (C=O) groups is 2. The number of rotatable bonds is 4. The highest BCUT2D eigenvalue weighted by Crippen LogP contribution is 2.39. The summed E-state index contributed by atoms with van der Waals surface area (Å²) in [4.78, 5) is 26.5. The van der Waals surface area contributed by atoms with E-state index in [-0.39, 0.29) is 23.8 Å². The molecule has 4 rings (SSSR count). The zero-order chi connectivity index (χ0) is 15.8. The number of hydrogen-bond acceptors (Lipinski definition) is 2. The summed E-state index contributed by atoms with van der Waals surface area (Å²) in [6, 6.07) is 10.2. The van der Waals surface area contributed by atoms with E-state index in [1.54, 1.807) is 4.90 Å². The second kappa shape index (κ2) is 5.84. The minimum absolute atomic E-state index is 0.0554. The molecule has 4 nitrogen and oxygen atoms in total. The third-order valence-electron chi connectivity index (χ3n) is 5.41. The molecule has 23 heavy (non-hydrogen) atoms. The Morgan fingerprint density at radius 3 is 2.70 bits per heavy atom. The lowest BCUT2D eigenvalue weighted by Crippen LogP contribution is -2.41. The predicted octanol–water partition coefficient (Wildman–Crippen LogP) is 2.12. The van der Waals surface area contributed by atoms with Gasteiger partial charge in [0.05, 0.1) is 5.92 Å². The van der Waals surface area contributed by atoms with E-state index in [9.17, 15) is 9.59 Å². The minimum atomic E-state index is -0.200. The molecule has 1 aliphatic heterocycles. The summed E-state index contributed by atoms with van der Waals surface area (Å²) in [5.41, 5.74) is 1.11. The van der Waals surface area contributed by atoms with Gasteiger partial charge in [-0.15, -0.1) is 0 Å². The molecule has 2 amide bonds. The highest BCUT2D eigenvalue weighted by molar-refractivity contribution is 5.89. The number of allylic oxidation sites excluding steroid dienone is 1. The van der Waals surface area contributed by atoms with Gasteiger partial charge in [-0.2, -0.15) is 0 Å². The first-order chi connectivity index (χ1) is 11.2. The van der Waals surface area contributed by atoms with Crippen molar-refractivity contribution < 1.29 is 9.59 Å². The molecule has 2 aliphatic carbocycles. The van der Waals surface area contributed by atoms with Crippen LogP contribution >= 0.6 is 0 Å². The first-order valence-electron chi connectivity index (χ1n) is 8.49. The van der Waals surface area contributed by atoms with E-state index in [0.717, 1.165) is 12.0 Å². The summed E-state index contributed by atoms with van der Waals surface area (Å²) in [5.74, 6) is 1.09. The Labute approximate surface area is 136 Å². The highest BCUT2D eigenvalue weighted by Gasteiger charge is 2.39. The Kier molecular flexibility index (Phi) is 3.68. The third-order valence-corrected chi connectivity index (χ3v) is 5.41. The van der Waals surface area contributed by atoms with Gasteiger partial charge in [-0.1, -0.05) is 42.5 Å². The Morgan fingerprint density at radius 1 is 1.17 bits per heavy atom. The van der Waals surface area contributed by atoms with Crippen molar-refractivity contribution in [3.8, 4) is 0 Å². The van der Waals surface area contributed by atoms with Crippen LogP contribution in [0.25, 0.3) is 0 Å². The molecule has 1 saturated heterocycles. The number of carbonyl (C=O) groups excluding carboxylic acids is 2. The maximum Gasteiger partial charge on any atom is 0.225 e. The van der Waals surface area contributed by atoms with Gasteiger partial charge in [0.2, 0.25) is 11.8 Å². The molecule has 1 heterocycles. The maximum atomic E-state index is 12.5. The van der Waals surface area contributed by atoms with Crippen LogP contribution in [0, 0.1) is 17.8 Å². The maximum absolute atomic E-state index is 12.5. The van der Waals surface area contributed by atoms with E-state index in [1.165, 1.54) is 6.42 Å². The van der Waals surface area contributed by atoms with Crippen LogP contribution in [0.15, 0.2) is 42.5 Å². The first kappa shape index (κ1) is 14.5. The first-order valence-corrected chi connectivity index (χ1v) is 8.49. The fraction of sp³-hybridized carbons (Fsp3) is 0.474. The monoisotopic (exact) mass is 310 g/mol. The lowest BCUT2D eigenvalue weighted by molar-refractivity contribution is -0.129. The zero-order valence-corrected chi connectivity index (χ0v) is 13.2. The van der Waals surface area contributed by atoms with Crippen molar-refractivity contribution in [1.29, 1.82) is 0 Å². The molecule has 1 aromatic rings.